The molecule has 0 spiro atoms. The van der Waals surface area contributed by atoms with Crippen LogP contribution in [-0.2, 0) is 11.2 Å². The predicted octanol–water partition coefficient (Wildman–Crippen LogP) is 3.64. The van der Waals surface area contributed by atoms with Gasteiger partial charge in [0.15, 0.2) is 0 Å². The number of benzene rings is 2. The Hall–Kier alpha value is -2.66. The molecular weight excluding hydrogens is 350 g/mol. The summed E-state index contributed by atoms with van der Waals surface area (Å²) in [6.07, 6.45) is 1.13. The van der Waals surface area contributed by atoms with Gasteiger partial charge >= 0.3 is 0 Å². The number of hydrogen-bond donors (Lipinski definition) is 2. The summed E-state index contributed by atoms with van der Waals surface area (Å²) in [6, 6.07) is 15.2. The molecule has 2 N–H and O–H groups in total. The van der Waals surface area contributed by atoms with E-state index in [0.717, 1.165) is 25.2 Å². The van der Waals surface area contributed by atoms with Crippen molar-refractivity contribution in [2.75, 3.05) is 31.5 Å². The minimum atomic E-state index is -0.0931. The lowest BCUT2D eigenvalue weighted by Gasteiger charge is -2.18. The molecule has 0 aliphatic heterocycles. The molecule has 2 rings (SSSR count). The van der Waals surface area contributed by atoms with Crippen molar-refractivity contribution in [2.45, 2.75) is 33.6 Å². The summed E-state index contributed by atoms with van der Waals surface area (Å²) in [5.41, 5.74) is 3.66. The van der Waals surface area contributed by atoms with Crippen LogP contribution in [0.1, 0.15) is 41.8 Å². The number of anilines is 1. The zero-order valence-electron chi connectivity index (χ0n) is 17.1. The minimum absolute atomic E-state index is 0.0306. The number of nitrogens with one attached hydrogen (secondary N) is 2. The fourth-order valence-electron chi connectivity index (χ4n) is 2.91. The maximum Gasteiger partial charge on any atom is 0.251 e. The van der Waals surface area contributed by atoms with E-state index in [1.165, 1.54) is 5.56 Å². The van der Waals surface area contributed by atoms with Crippen molar-refractivity contribution in [3.63, 3.8) is 0 Å². The maximum absolute atomic E-state index is 12.2. The van der Waals surface area contributed by atoms with Gasteiger partial charge in [0.1, 0.15) is 0 Å². The average molecular weight is 382 g/mol. The van der Waals surface area contributed by atoms with Crippen LogP contribution in [0.3, 0.4) is 0 Å². The third-order valence-electron chi connectivity index (χ3n) is 4.80. The van der Waals surface area contributed by atoms with Crippen molar-refractivity contribution in [3.8, 4) is 0 Å². The first kappa shape index (κ1) is 21.6. The normalized spacial score (nSPS) is 10.7. The average Bonchev–Trinajstić information content (AvgIpc) is 2.71. The van der Waals surface area contributed by atoms with Gasteiger partial charge in [-0.3, -0.25) is 9.59 Å². The van der Waals surface area contributed by atoms with Gasteiger partial charge in [0.05, 0.1) is 0 Å². The molecule has 0 saturated heterocycles. The quantitative estimate of drug-likeness (QED) is 0.661. The number of rotatable bonds is 10. The molecule has 0 saturated carbocycles. The summed E-state index contributed by atoms with van der Waals surface area (Å²) in [6.45, 7) is 9.69. The first-order chi connectivity index (χ1) is 13.5. The third-order valence-corrected chi connectivity index (χ3v) is 4.80. The molecule has 0 heterocycles. The Labute approximate surface area is 168 Å². The van der Waals surface area contributed by atoms with Crippen molar-refractivity contribution in [1.82, 2.24) is 10.2 Å². The third kappa shape index (κ3) is 7.16. The molecule has 0 radical (unpaired) electrons. The van der Waals surface area contributed by atoms with Gasteiger partial charge in [-0.25, -0.2) is 0 Å². The lowest BCUT2D eigenvalue weighted by molar-refractivity contribution is -0.116. The van der Waals surface area contributed by atoms with E-state index in [1.807, 2.05) is 6.92 Å². The Kier molecular flexibility index (Phi) is 8.69. The van der Waals surface area contributed by atoms with E-state index in [-0.39, 0.29) is 11.8 Å². The zero-order valence-corrected chi connectivity index (χ0v) is 17.1. The summed E-state index contributed by atoms with van der Waals surface area (Å²) in [5.74, 6) is -0.124. The maximum atomic E-state index is 12.2. The summed E-state index contributed by atoms with van der Waals surface area (Å²) in [4.78, 5) is 26.6. The van der Waals surface area contributed by atoms with Crippen LogP contribution in [0.15, 0.2) is 48.5 Å². The first-order valence-corrected chi connectivity index (χ1v) is 9.97. The second-order valence-corrected chi connectivity index (χ2v) is 6.89. The predicted molar refractivity (Wildman–Crippen MR) is 115 cm³/mol. The van der Waals surface area contributed by atoms with Gasteiger partial charge < -0.3 is 15.5 Å². The Morgan fingerprint density at radius 2 is 1.57 bits per heavy atom. The fraction of sp³-hybridized carbons (Fsp3) is 0.391. The van der Waals surface area contributed by atoms with Crippen LogP contribution in [0.4, 0.5) is 5.69 Å². The number of amides is 2. The number of nitrogens with zero attached hydrogens (tertiary/aromatic N) is 1. The van der Waals surface area contributed by atoms with E-state index < -0.39 is 0 Å². The standard InChI is InChI=1S/C23H31N3O2/c1-4-26(5-2)17-16-24-23(28)20-11-13-21(14-12-20)25-22(27)15-10-19-8-6-18(3)7-9-19/h6-9,11-14H,4-5,10,15-17H2,1-3H3,(H,24,28)(H,25,27). The fourth-order valence-corrected chi connectivity index (χ4v) is 2.91. The molecule has 5 heteroatoms. The molecule has 0 aliphatic carbocycles. The van der Waals surface area contributed by atoms with Gasteiger partial charge in [-0.1, -0.05) is 43.7 Å². The van der Waals surface area contributed by atoms with Crippen molar-refractivity contribution in [3.05, 3.63) is 65.2 Å². The Balaban J connectivity index is 1.77. The van der Waals surface area contributed by atoms with E-state index in [2.05, 4.69) is 53.6 Å². The van der Waals surface area contributed by atoms with Gasteiger partial charge in [0.2, 0.25) is 5.91 Å². The van der Waals surface area contributed by atoms with Crippen molar-refractivity contribution >= 4 is 17.5 Å². The van der Waals surface area contributed by atoms with E-state index in [1.54, 1.807) is 24.3 Å². The number of carbonyl (C=O) groups is 2. The van der Waals surface area contributed by atoms with Gasteiger partial charge in [0.25, 0.3) is 5.91 Å². The van der Waals surface area contributed by atoms with E-state index >= 15 is 0 Å². The molecule has 0 bridgehead atoms. The highest BCUT2D eigenvalue weighted by Gasteiger charge is 2.08. The van der Waals surface area contributed by atoms with E-state index in [9.17, 15) is 9.59 Å². The molecule has 0 aliphatic rings. The molecule has 0 atom stereocenters. The van der Waals surface area contributed by atoms with Crippen molar-refractivity contribution < 1.29 is 9.59 Å². The summed E-state index contributed by atoms with van der Waals surface area (Å²) < 4.78 is 0. The monoisotopic (exact) mass is 381 g/mol. The number of likely N-dealkylation sites (N-methyl/N-ethyl adjacent to an activating group) is 1. The highest BCUT2D eigenvalue weighted by molar-refractivity contribution is 5.95. The topological polar surface area (TPSA) is 61.4 Å². The first-order valence-electron chi connectivity index (χ1n) is 9.97. The van der Waals surface area contributed by atoms with Gasteiger partial charge in [-0.2, -0.15) is 0 Å². The lowest BCUT2D eigenvalue weighted by Crippen LogP contribution is -2.34. The van der Waals surface area contributed by atoms with Gasteiger partial charge in [0, 0.05) is 30.8 Å². The lowest BCUT2D eigenvalue weighted by atomic mass is 10.1. The van der Waals surface area contributed by atoms with E-state index in [0.29, 0.717) is 30.6 Å². The second-order valence-electron chi connectivity index (χ2n) is 6.89. The Morgan fingerprint density at radius 1 is 0.929 bits per heavy atom. The van der Waals surface area contributed by atoms with Crippen LogP contribution in [0, 0.1) is 6.92 Å². The zero-order chi connectivity index (χ0) is 20.4. The molecular formula is C23H31N3O2. The molecule has 0 fully saturated rings. The summed E-state index contributed by atoms with van der Waals surface area (Å²) in [7, 11) is 0. The Bertz CT molecular complexity index is 750. The number of aryl methyl sites for hydroxylation is 2. The molecule has 5 nitrogen and oxygen atoms in total. The minimum Gasteiger partial charge on any atom is -0.351 e. The van der Waals surface area contributed by atoms with Crippen LogP contribution in [0.5, 0.6) is 0 Å². The second kappa shape index (κ2) is 11.2. The summed E-state index contributed by atoms with van der Waals surface area (Å²) in [5, 5.41) is 5.82. The van der Waals surface area contributed by atoms with Crippen LogP contribution in [0.2, 0.25) is 0 Å². The molecule has 0 aromatic heterocycles. The van der Waals surface area contributed by atoms with E-state index in [4.69, 9.17) is 0 Å². The number of hydrogen-bond acceptors (Lipinski definition) is 3. The van der Waals surface area contributed by atoms with Crippen molar-refractivity contribution in [1.29, 1.82) is 0 Å². The molecule has 2 aromatic carbocycles. The van der Waals surface area contributed by atoms with Crippen LogP contribution >= 0.6 is 0 Å². The van der Waals surface area contributed by atoms with Gasteiger partial charge in [-0.05, 0) is 56.3 Å². The highest BCUT2D eigenvalue weighted by Crippen LogP contribution is 2.11. The molecule has 28 heavy (non-hydrogen) atoms. The molecule has 0 unspecified atom stereocenters. The Morgan fingerprint density at radius 3 is 2.18 bits per heavy atom. The summed E-state index contributed by atoms with van der Waals surface area (Å²) >= 11 is 0. The molecule has 2 amide bonds. The van der Waals surface area contributed by atoms with Crippen LogP contribution in [-0.4, -0.2) is 42.9 Å². The largest absolute Gasteiger partial charge is 0.351 e. The van der Waals surface area contributed by atoms with Crippen LogP contribution < -0.4 is 10.6 Å². The smallest absolute Gasteiger partial charge is 0.251 e. The van der Waals surface area contributed by atoms with Crippen molar-refractivity contribution in [2.24, 2.45) is 0 Å². The van der Waals surface area contributed by atoms with Gasteiger partial charge in [-0.15, -0.1) is 0 Å². The molecule has 150 valence electrons. The highest BCUT2D eigenvalue weighted by atomic mass is 16.2. The molecule has 2 aromatic rings. The van der Waals surface area contributed by atoms with Crippen LogP contribution in [0.25, 0.3) is 0 Å². The SMILES string of the molecule is CCN(CC)CCNC(=O)c1ccc(NC(=O)CCc2ccc(C)cc2)cc1. The number of carbonyl (C=O) groups excluding carboxylic acids is 2.